The van der Waals surface area contributed by atoms with Crippen LogP contribution in [0.25, 0.3) is 0 Å². The van der Waals surface area contributed by atoms with Crippen molar-refractivity contribution < 1.29 is 9.53 Å². The number of likely N-dealkylation sites (tertiary alicyclic amines) is 1. The van der Waals surface area contributed by atoms with Gasteiger partial charge in [0.25, 0.3) is 0 Å². The van der Waals surface area contributed by atoms with Crippen molar-refractivity contribution in [2.75, 3.05) is 19.7 Å². The van der Waals surface area contributed by atoms with Gasteiger partial charge in [0.1, 0.15) is 6.61 Å². The van der Waals surface area contributed by atoms with Crippen molar-refractivity contribution >= 4 is 5.91 Å². The standard InChI is InChI=1S/C16H26N4O2/c1-19-14(5-6-17-19)11-22-12-16(21)18-13-9-15(10-13)20-7-3-2-4-8-20/h5-6,13,15H,2-4,7-12H2,1H3,(H,18,21). The predicted octanol–water partition coefficient (Wildman–Crippen LogP) is 1.07. The minimum absolute atomic E-state index is 0.00994. The minimum Gasteiger partial charge on any atom is -0.365 e. The molecule has 1 N–H and O–H groups in total. The molecule has 0 unspecified atom stereocenters. The van der Waals surface area contributed by atoms with E-state index in [-0.39, 0.29) is 12.5 Å². The van der Waals surface area contributed by atoms with Gasteiger partial charge in [-0.15, -0.1) is 0 Å². The highest BCUT2D eigenvalue weighted by Gasteiger charge is 2.34. The third-order valence-corrected chi connectivity index (χ3v) is 4.79. The fourth-order valence-corrected chi connectivity index (χ4v) is 3.35. The lowest BCUT2D eigenvalue weighted by atomic mass is 9.84. The molecule has 0 aromatic carbocycles. The Bertz CT molecular complexity index is 490. The first-order chi connectivity index (χ1) is 10.7. The second kappa shape index (κ2) is 7.24. The molecule has 1 amide bonds. The van der Waals surface area contributed by atoms with E-state index < -0.39 is 0 Å². The van der Waals surface area contributed by atoms with Crippen molar-refractivity contribution in [3.63, 3.8) is 0 Å². The number of nitrogens with one attached hydrogen (secondary N) is 1. The Hall–Kier alpha value is -1.40. The molecule has 0 bridgehead atoms. The summed E-state index contributed by atoms with van der Waals surface area (Å²) in [6.07, 6.45) is 7.94. The second-order valence-electron chi connectivity index (χ2n) is 6.43. The Morgan fingerprint density at radius 1 is 1.36 bits per heavy atom. The van der Waals surface area contributed by atoms with Crippen molar-refractivity contribution in [2.24, 2.45) is 7.05 Å². The molecule has 3 rings (SSSR count). The van der Waals surface area contributed by atoms with Gasteiger partial charge in [-0.2, -0.15) is 5.10 Å². The van der Waals surface area contributed by atoms with Crippen molar-refractivity contribution in [3.05, 3.63) is 18.0 Å². The van der Waals surface area contributed by atoms with Crippen LogP contribution in [0.4, 0.5) is 0 Å². The molecule has 6 nitrogen and oxygen atoms in total. The van der Waals surface area contributed by atoms with Gasteiger partial charge in [0.15, 0.2) is 0 Å². The molecule has 1 aromatic heterocycles. The van der Waals surface area contributed by atoms with E-state index in [9.17, 15) is 4.79 Å². The molecule has 1 aliphatic heterocycles. The normalized spacial score (nSPS) is 25.7. The Kier molecular flexibility index (Phi) is 5.10. The maximum absolute atomic E-state index is 11.9. The summed E-state index contributed by atoms with van der Waals surface area (Å²) in [6, 6.07) is 2.91. The number of carbonyl (C=O) groups is 1. The van der Waals surface area contributed by atoms with E-state index in [0.717, 1.165) is 18.5 Å². The van der Waals surface area contributed by atoms with Crippen LogP contribution in [0.1, 0.15) is 37.8 Å². The average Bonchev–Trinajstić information content (AvgIpc) is 2.89. The number of rotatable bonds is 6. The quantitative estimate of drug-likeness (QED) is 0.854. The number of aromatic nitrogens is 2. The van der Waals surface area contributed by atoms with Crippen molar-refractivity contribution in [2.45, 2.75) is 50.8 Å². The summed E-state index contributed by atoms with van der Waals surface area (Å²) in [5, 5.41) is 7.14. The molecule has 0 radical (unpaired) electrons. The fourth-order valence-electron chi connectivity index (χ4n) is 3.35. The van der Waals surface area contributed by atoms with Gasteiger partial charge >= 0.3 is 0 Å². The van der Waals surface area contributed by atoms with Gasteiger partial charge in [-0.25, -0.2) is 0 Å². The number of carbonyl (C=O) groups excluding carboxylic acids is 1. The molecule has 22 heavy (non-hydrogen) atoms. The van der Waals surface area contributed by atoms with E-state index in [1.54, 1.807) is 10.9 Å². The van der Waals surface area contributed by atoms with Gasteiger partial charge in [-0.3, -0.25) is 9.48 Å². The summed E-state index contributed by atoms with van der Waals surface area (Å²) < 4.78 is 7.21. The van der Waals surface area contributed by atoms with E-state index in [4.69, 9.17) is 4.74 Å². The maximum atomic E-state index is 11.9. The Morgan fingerprint density at radius 3 is 2.82 bits per heavy atom. The molecule has 2 fully saturated rings. The lowest BCUT2D eigenvalue weighted by Gasteiger charge is -2.44. The van der Waals surface area contributed by atoms with E-state index in [0.29, 0.717) is 18.7 Å². The number of nitrogens with zero attached hydrogens (tertiary/aromatic N) is 3. The molecule has 0 atom stereocenters. The predicted molar refractivity (Wildman–Crippen MR) is 83.2 cm³/mol. The van der Waals surface area contributed by atoms with Crippen molar-refractivity contribution in [3.8, 4) is 0 Å². The van der Waals surface area contributed by atoms with E-state index in [1.165, 1.54) is 32.4 Å². The van der Waals surface area contributed by atoms with Crippen LogP contribution in [0.5, 0.6) is 0 Å². The second-order valence-corrected chi connectivity index (χ2v) is 6.43. The summed E-state index contributed by atoms with van der Waals surface area (Å²) in [7, 11) is 1.87. The highest BCUT2D eigenvalue weighted by atomic mass is 16.5. The summed E-state index contributed by atoms with van der Waals surface area (Å²) in [5.74, 6) is -0.00994. The molecule has 122 valence electrons. The highest BCUT2D eigenvalue weighted by Crippen LogP contribution is 2.28. The number of piperidine rings is 1. The number of hydrogen-bond acceptors (Lipinski definition) is 4. The zero-order valence-corrected chi connectivity index (χ0v) is 13.3. The van der Waals surface area contributed by atoms with Gasteiger partial charge in [-0.05, 0) is 44.8 Å². The van der Waals surface area contributed by atoms with E-state index in [2.05, 4.69) is 15.3 Å². The first-order valence-corrected chi connectivity index (χ1v) is 8.30. The monoisotopic (exact) mass is 306 g/mol. The first kappa shape index (κ1) is 15.5. The summed E-state index contributed by atoms with van der Waals surface area (Å²) in [5.41, 5.74) is 0.974. The fraction of sp³-hybridized carbons (Fsp3) is 0.750. The highest BCUT2D eigenvalue weighted by molar-refractivity contribution is 5.77. The van der Waals surface area contributed by atoms with Gasteiger partial charge in [-0.1, -0.05) is 6.42 Å². The van der Waals surface area contributed by atoms with Crippen LogP contribution in [0, 0.1) is 0 Å². The molecule has 2 aliphatic rings. The number of hydrogen-bond donors (Lipinski definition) is 1. The molecule has 0 spiro atoms. The Morgan fingerprint density at radius 2 is 2.14 bits per heavy atom. The molecular formula is C16H26N4O2. The topological polar surface area (TPSA) is 59.4 Å². The minimum atomic E-state index is -0.00994. The molecule has 2 heterocycles. The van der Waals surface area contributed by atoms with E-state index in [1.807, 2.05) is 13.1 Å². The largest absolute Gasteiger partial charge is 0.365 e. The third-order valence-electron chi connectivity index (χ3n) is 4.79. The molecule has 1 saturated heterocycles. The molecule has 1 aromatic rings. The molecular weight excluding hydrogens is 280 g/mol. The summed E-state index contributed by atoms with van der Waals surface area (Å²) in [4.78, 5) is 14.5. The van der Waals surface area contributed by atoms with Gasteiger partial charge in [0, 0.05) is 25.3 Å². The van der Waals surface area contributed by atoms with Gasteiger partial charge in [0.2, 0.25) is 5.91 Å². The zero-order valence-electron chi connectivity index (χ0n) is 13.3. The molecule has 6 heteroatoms. The maximum Gasteiger partial charge on any atom is 0.246 e. The Balaban J connectivity index is 1.29. The van der Waals surface area contributed by atoms with Gasteiger partial charge < -0.3 is 15.0 Å². The average molecular weight is 306 g/mol. The lowest BCUT2D eigenvalue weighted by molar-refractivity contribution is -0.128. The van der Waals surface area contributed by atoms with Crippen LogP contribution in [0.3, 0.4) is 0 Å². The van der Waals surface area contributed by atoms with Crippen LogP contribution in [0.15, 0.2) is 12.3 Å². The van der Waals surface area contributed by atoms with Crippen molar-refractivity contribution in [1.82, 2.24) is 20.0 Å². The first-order valence-electron chi connectivity index (χ1n) is 8.30. The molecule has 1 aliphatic carbocycles. The number of aryl methyl sites for hydroxylation is 1. The molecule has 1 saturated carbocycles. The van der Waals surface area contributed by atoms with E-state index >= 15 is 0 Å². The van der Waals surface area contributed by atoms with Crippen LogP contribution in [-0.2, 0) is 23.2 Å². The smallest absolute Gasteiger partial charge is 0.246 e. The SMILES string of the molecule is Cn1nccc1COCC(=O)NC1CC(N2CCCCC2)C1. The summed E-state index contributed by atoms with van der Waals surface area (Å²) in [6.45, 7) is 3.01. The van der Waals surface area contributed by atoms with Crippen LogP contribution < -0.4 is 5.32 Å². The van der Waals surface area contributed by atoms with Gasteiger partial charge in [0.05, 0.1) is 12.3 Å². The van der Waals surface area contributed by atoms with Crippen LogP contribution in [0.2, 0.25) is 0 Å². The lowest BCUT2D eigenvalue weighted by Crippen LogP contribution is -2.55. The zero-order chi connectivity index (χ0) is 15.4. The third kappa shape index (κ3) is 3.87. The van der Waals surface area contributed by atoms with Crippen LogP contribution >= 0.6 is 0 Å². The number of amides is 1. The van der Waals surface area contributed by atoms with Crippen LogP contribution in [-0.4, -0.2) is 52.4 Å². The Labute approximate surface area is 131 Å². The summed E-state index contributed by atoms with van der Waals surface area (Å²) >= 11 is 0. The number of ether oxygens (including phenoxy) is 1. The van der Waals surface area contributed by atoms with Crippen molar-refractivity contribution in [1.29, 1.82) is 0 Å².